The summed E-state index contributed by atoms with van der Waals surface area (Å²) in [5.74, 6) is -2.83. The number of carbonyl (C=O) groups excluding carboxylic acids is 2. The molecule has 210 valence electrons. The topological polar surface area (TPSA) is 105 Å². The van der Waals surface area contributed by atoms with Crippen molar-refractivity contribution in [1.29, 1.82) is 5.26 Å². The predicted molar refractivity (Wildman–Crippen MR) is 140 cm³/mol. The third-order valence-electron chi connectivity index (χ3n) is 5.99. The van der Waals surface area contributed by atoms with Gasteiger partial charge in [-0.25, -0.2) is 29.3 Å². The van der Waals surface area contributed by atoms with Gasteiger partial charge in [-0.3, -0.25) is 4.90 Å². The van der Waals surface area contributed by atoms with Crippen LogP contribution >= 0.6 is 0 Å². The molecule has 3 rings (SSSR count). The molecule has 8 nitrogen and oxygen atoms in total. The van der Waals surface area contributed by atoms with E-state index in [9.17, 15) is 28.0 Å². The van der Waals surface area contributed by atoms with Gasteiger partial charge < -0.3 is 0 Å². The first-order valence-corrected chi connectivity index (χ1v) is 12.6. The Labute approximate surface area is 230 Å². The number of hydrogen-bond donors (Lipinski definition) is 0. The lowest BCUT2D eigenvalue weighted by Crippen LogP contribution is -2.31. The van der Waals surface area contributed by atoms with Crippen molar-refractivity contribution in [3.8, 4) is 28.6 Å². The fourth-order valence-corrected chi connectivity index (χ4v) is 4.25. The standard InChI is InChI=1S/C29H29F3N4O4/c1-5-24-21(16-36(4)17-26(37)39-40-28(38)29(30,31)32)7-6-8-25(24)23-14-34-27(35-15-23)20-10-9-19(11-18(2)3)22(12-20)13-33/h6-10,12,14-15,18H,5,11,16-17H2,1-4H3. The fraction of sp³-hybridized carbons (Fsp3) is 0.345. The highest BCUT2D eigenvalue weighted by Gasteiger charge is 2.43. The number of likely N-dealkylation sites (N-methyl/N-ethyl adjacent to an activating group) is 1. The molecule has 0 saturated carbocycles. The van der Waals surface area contributed by atoms with Crippen LogP contribution < -0.4 is 0 Å². The van der Waals surface area contributed by atoms with Gasteiger partial charge >= 0.3 is 18.1 Å². The summed E-state index contributed by atoms with van der Waals surface area (Å²) in [5, 5.41) is 9.59. The lowest BCUT2D eigenvalue weighted by molar-refractivity contribution is -0.286. The van der Waals surface area contributed by atoms with Gasteiger partial charge in [0.15, 0.2) is 5.82 Å². The SMILES string of the molecule is CCc1c(CN(C)CC(=O)OOC(=O)C(F)(F)F)cccc1-c1cnc(-c2ccc(CC(C)C)c(C#N)c2)nc1. The van der Waals surface area contributed by atoms with Crippen LogP contribution in [-0.4, -0.2) is 46.6 Å². The molecule has 0 N–H and O–H groups in total. The number of halogens is 3. The van der Waals surface area contributed by atoms with Crippen LogP contribution in [0.2, 0.25) is 0 Å². The average Bonchev–Trinajstić information content (AvgIpc) is 2.91. The number of nitriles is 1. The molecule has 0 aliphatic heterocycles. The van der Waals surface area contributed by atoms with E-state index in [-0.39, 0.29) is 6.54 Å². The minimum Gasteiger partial charge on any atom is -0.292 e. The van der Waals surface area contributed by atoms with Gasteiger partial charge in [0.1, 0.15) is 6.54 Å². The molecular formula is C29H29F3N4O4. The van der Waals surface area contributed by atoms with E-state index in [2.05, 4.69) is 39.7 Å². The smallest absolute Gasteiger partial charge is 0.292 e. The number of nitrogens with zero attached hydrogens (tertiary/aromatic N) is 4. The summed E-state index contributed by atoms with van der Waals surface area (Å²) in [5.41, 5.74) is 5.87. The second-order valence-electron chi connectivity index (χ2n) is 9.67. The van der Waals surface area contributed by atoms with Gasteiger partial charge in [0.25, 0.3) is 0 Å². The largest absolute Gasteiger partial charge is 0.495 e. The molecular weight excluding hydrogens is 525 g/mol. The van der Waals surface area contributed by atoms with Crippen LogP contribution in [0.1, 0.15) is 43.0 Å². The monoisotopic (exact) mass is 554 g/mol. The zero-order chi connectivity index (χ0) is 29.4. The molecule has 11 heteroatoms. The zero-order valence-electron chi connectivity index (χ0n) is 22.6. The van der Waals surface area contributed by atoms with Crippen molar-refractivity contribution in [1.82, 2.24) is 14.9 Å². The van der Waals surface area contributed by atoms with Crippen LogP contribution in [0.4, 0.5) is 13.2 Å². The molecule has 0 unspecified atom stereocenters. The molecule has 0 radical (unpaired) electrons. The molecule has 0 amide bonds. The Balaban J connectivity index is 1.75. The molecule has 2 aromatic carbocycles. The minimum absolute atomic E-state index is 0.276. The summed E-state index contributed by atoms with van der Waals surface area (Å²) in [4.78, 5) is 40.7. The van der Waals surface area contributed by atoms with Crippen LogP contribution in [-0.2, 0) is 38.8 Å². The Morgan fingerprint density at radius 1 is 1.05 bits per heavy atom. The number of carbonyl (C=O) groups is 2. The van der Waals surface area contributed by atoms with E-state index in [1.807, 2.05) is 37.3 Å². The zero-order valence-corrected chi connectivity index (χ0v) is 22.6. The average molecular weight is 555 g/mol. The molecule has 40 heavy (non-hydrogen) atoms. The van der Waals surface area contributed by atoms with E-state index in [0.717, 1.165) is 39.8 Å². The number of aromatic nitrogens is 2. The highest BCUT2D eigenvalue weighted by atomic mass is 19.4. The first-order valence-electron chi connectivity index (χ1n) is 12.6. The van der Waals surface area contributed by atoms with Gasteiger partial charge in [-0.1, -0.05) is 51.1 Å². The van der Waals surface area contributed by atoms with Gasteiger partial charge in [0, 0.05) is 30.1 Å². The molecule has 0 saturated heterocycles. The summed E-state index contributed by atoms with van der Waals surface area (Å²) in [6.07, 6.45) is -0.379. The molecule has 1 heterocycles. The van der Waals surface area contributed by atoms with Crippen LogP contribution in [0, 0.1) is 17.2 Å². The van der Waals surface area contributed by atoms with E-state index >= 15 is 0 Å². The van der Waals surface area contributed by atoms with Gasteiger partial charge in [0.2, 0.25) is 0 Å². The molecule has 1 aromatic heterocycles. The summed E-state index contributed by atoms with van der Waals surface area (Å²) in [6.45, 7) is 6.05. The van der Waals surface area contributed by atoms with E-state index in [4.69, 9.17) is 0 Å². The van der Waals surface area contributed by atoms with E-state index < -0.39 is 24.7 Å². The lowest BCUT2D eigenvalue weighted by Gasteiger charge is -2.19. The first kappa shape index (κ1) is 30.2. The third-order valence-corrected chi connectivity index (χ3v) is 5.99. The van der Waals surface area contributed by atoms with Crippen LogP contribution in [0.5, 0.6) is 0 Å². The van der Waals surface area contributed by atoms with Crippen molar-refractivity contribution >= 4 is 11.9 Å². The molecule has 3 aromatic rings. The Morgan fingerprint density at radius 3 is 2.35 bits per heavy atom. The molecule has 0 aliphatic rings. The quantitative estimate of drug-likeness (QED) is 0.254. The van der Waals surface area contributed by atoms with Crippen molar-refractivity contribution < 1.29 is 32.5 Å². The highest BCUT2D eigenvalue weighted by molar-refractivity contribution is 5.77. The molecule has 0 atom stereocenters. The van der Waals surface area contributed by atoms with Gasteiger partial charge in [-0.05, 0) is 54.1 Å². The van der Waals surface area contributed by atoms with Crippen LogP contribution in [0.25, 0.3) is 22.5 Å². The van der Waals surface area contributed by atoms with Crippen LogP contribution in [0.3, 0.4) is 0 Å². The normalized spacial score (nSPS) is 11.4. The molecule has 0 aliphatic carbocycles. The lowest BCUT2D eigenvalue weighted by atomic mass is 9.94. The summed E-state index contributed by atoms with van der Waals surface area (Å²) in [7, 11) is 1.58. The summed E-state index contributed by atoms with van der Waals surface area (Å²) < 4.78 is 36.6. The van der Waals surface area contributed by atoms with Crippen molar-refractivity contribution in [3.63, 3.8) is 0 Å². The van der Waals surface area contributed by atoms with E-state index in [1.54, 1.807) is 25.5 Å². The molecule has 0 spiro atoms. The first-order chi connectivity index (χ1) is 18.9. The van der Waals surface area contributed by atoms with Gasteiger partial charge in [-0.2, -0.15) is 18.4 Å². The number of alkyl halides is 3. The Bertz CT molecular complexity index is 1400. The summed E-state index contributed by atoms with van der Waals surface area (Å²) in [6, 6.07) is 13.6. The fourth-order valence-electron chi connectivity index (χ4n) is 4.25. The Kier molecular flexibility index (Phi) is 9.96. The van der Waals surface area contributed by atoms with Crippen molar-refractivity contribution in [2.24, 2.45) is 5.92 Å². The maximum Gasteiger partial charge on any atom is 0.495 e. The maximum atomic E-state index is 12.2. The number of benzene rings is 2. The van der Waals surface area contributed by atoms with E-state index in [1.165, 1.54) is 4.90 Å². The van der Waals surface area contributed by atoms with Crippen LogP contribution in [0.15, 0.2) is 48.8 Å². The Morgan fingerprint density at radius 2 is 1.75 bits per heavy atom. The third kappa shape index (κ3) is 7.86. The second-order valence-corrected chi connectivity index (χ2v) is 9.67. The van der Waals surface area contributed by atoms with Crippen molar-refractivity contribution in [2.75, 3.05) is 13.6 Å². The number of hydrogen-bond acceptors (Lipinski definition) is 8. The predicted octanol–water partition coefficient (Wildman–Crippen LogP) is 5.44. The second kappa shape index (κ2) is 13.2. The van der Waals surface area contributed by atoms with Gasteiger partial charge in [0.05, 0.1) is 11.6 Å². The van der Waals surface area contributed by atoms with Crippen molar-refractivity contribution in [3.05, 3.63) is 71.0 Å². The highest BCUT2D eigenvalue weighted by Crippen LogP contribution is 2.28. The van der Waals surface area contributed by atoms with Gasteiger partial charge in [-0.15, -0.1) is 0 Å². The molecule has 0 fully saturated rings. The van der Waals surface area contributed by atoms with E-state index in [0.29, 0.717) is 23.7 Å². The van der Waals surface area contributed by atoms with Crippen molar-refractivity contribution in [2.45, 2.75) is 46.3 Å². The minimum atomic E-state index is -5.26. The summed E-state index contributed by atoms with van der Waals surface area (Å²) >= 11 is 0. The molecule has 0 bridgehead atoms. The number of rotatable bonds is 9. The Hall–Kier alpha value is -4.30. The maximum absolute atomic E-state index is 12.2.